The topological polar surface area (TPSA) is 34.1 Å². The third-order valence-electron chi connectivity index (χ3n) is 4.39. The van der Waals surface area contributed by atoms with Crippen LogP contribution < -0.4 is 0 Å². The van der Waals surface area contributed by atoms with Crippen LogP contribution in [0.3, 0.4) is 0 Å². The molecule has 0 radical (unpaired) electrons. The molecule has 3 fully saturated rings. The highest BCUT2D eigenvalue weighted by Gasteiger charge is 2.69. The number of hydrogen-bond donors (Lipinski definition) is 0. The minimum absolute atomic E-state index is 0.00770. The molecule has 1 aromatic carbocycles. The fraction of sp³-hybridized carbons (Fsp3) is 0.538. The lowest BCUT2D eigenvalue weighted by Gasteiger charge is -2.71. The first-order valence-electron chi connectivity index (χ1n) is 5.93. The van der Waals surface area contributed by atoms with E-state index in [-0.39, 0.29) is 22.4 Å². The van der Waals surface area contributed by atoms with Gasteiger partial charge in [-0.05, 0) is 60.3 Å². The molecule has 98 valence electrons. The number of aryl methyl sites for hydroxylation is 1. The molecule has 1 aromatic rings. The van der Waals surface area contributed by atoms with Gasteiger partial charge >= 0.3 is 0 Å². The van der Waals surface area contributed by atoms with Crippen LogP contribution in [-0.2, 0) is 14.5 Å². The van der Waals surface area contributed by atoms with Gasteiger partial charge in [0.15, 0.2) is 0 Å². The van der Waals surface area contributed by atoms with E-state index in [2.05, 4.69) is 0 Å². The Morgan fingerprint density at radius 3 is 2.50 bits per heavy atom. The Labute approximate surface area is 111 Å². The molecule has 0 atom stereocenters. The summed E-state index contributed by atoms with van der Waals surface area (Å²) in [6, 6.07) is 4.84. The predicted molar refractivity (Wildman–Crippen MR) is 68.7 cm³/mol. The van der Waals surface area contributed by atoms with Gasteiger partial charge in [0.25, 0.3) is 0 Å². The van der Waals surface area contributed by atoms with Gasteiger partial charge in [-0.25, -0.2) is 12.8 Å². The van der Waals surface area contributed by atoms with E-state index in [1.165, 1.54) is 6.07 Å². The van der Waals surface area contributed by atoms with E-state index in [1.54, 1.807) is 12.1 Å². The minimum atomic E-state index is -3.43. The summed E-state index contributed by atoms with van der Waals surface area (Å²) < 4.78 is 35.6. The average Bonchev–Trinajstić information content (AvgIpc) is 2.12. The summed E-state index contributed by atoms with van der Waals surface area (Å²) in [5.41, 5.74) is 1.99. The minimum Gasteiger partial charge on any atom is -0.212 e. The maximum absolute atomic E-state index is 13.3. The van der Waals surface area contributed by atoms with Gasteiger partial charge in [-0.2, -0.15) is 0 Å². The molecule has 2 bridgehead atoms. The van der Waals surface area contributed by atoms with Crippen LogP contribution in [0.15, 0.2) is 18.2 Å². The van der Waals surface area contributed by atoms with E-state index >= 15 is 0 Å². The highest BCUT2D eigenvalue weighted by atomic mass is 35.7. The Balaban J connectivity index is 1.82. The second-order valence-electron chi connectivity index (χ2n) is 5.95. The van der Waals surface area contributed by atoms with Crippen molar-refractivity contribution in [2.24, 2.45) is 5.41 Å². The summed E-state index contributed by atoms with van der Waals surface area (Å²) in [4.78, 5) is 0. The first kappa shape index (κ1) is 12.4. The van der Waals surface area contributed by atoms with Crippen molar-refractivity contribution in [2.75, 3.05) is 5.75 Å². The van der Waals surface area contributed by atoms with E-state index in [4.69, 9.17) is 10.7 Å². The van der Waals surface area contributed by atoms with Crippen LogP contribution in [0, 0.1) is 18.2 Å². The molecule has 3 saturated carbocycles. The van der Waals surface area contributed by atoms with Crippen molar-refractivity contribution >= 4 is 19.7 Å². The molecule has 0 saturated heterocycles. The Morgan fingerprint density at radius 1 is 1.33 bits per heavy atom. The first-order valence-corrected chi connectivity index (χ1v) is 8.41. The van der Waals surface area contributed by atoms with Crippen molar-refractivity contribution in [3.8, 4) is 0 Å². The van der Waals surface area contributed by atoms with E-state index in [0.29, 0.717) is 0 Å². The van der Waals surface area contributed by atoms with E-state index in [0.717, 1.165) is 30.4 Å². The molecule has 5 heteroatoms. The molecule has 0 amide bonds. The molecule has 0 aromatic heterocycles. The van der Waals surface area contributed by atoms with Crippen LogP contribution >= 0.6 is 10.7 Å². The molecule has 18 heavy (non-hydrogen) atoms. The van der Waals surface area contributed by atoms with Crippen LogP contribution in [0.25, 0.3) is 0 Å². The van der Waals surface area contributed by atoms with Crippen LogP contribution in [0.4, 0.5) is 4.39 Å². The van der Waals surface area contributed by atoms with E-state index in [9.17, 15) is 12.8 Å². The molecular formula is C13H14ClFO2S. The molecule has 3 aliphatic carbocycles. The normalized spacial score (nSPS) is 33.7. The SMILES string of the molecule is Cc1ccc(F)cc1C12CC(CS(=O)(=O)Cl)(C1)C2. The molecule has 0 aliphatic heterocycles. The Bertz CT molecular complexity index is 604. The standard InChI is InChI=1S/C13H14ClFO2S/c1-9-2-3-10(15)4-11(9)13-5-12(6-13,7-13)8-18(14,16)17/h2-4H,5-8H2,1H3. The zero-order valence-corrected chi connectivity index (χ0v) is 11.6. The lowest BCUT2D eigenvalue weighted by molar-refractivity contribution is -0.122. The summed E-state index contributed by atoms with van der Waals surface area (Å²) in [6.45, 7) is 1.97. The second kappa shape index (κ2) is 3.48. The van der Waals surface area contributed by atoms with Crippen molar-refractivity contribution in [3.63, 3.8) is 0 Å². The van der Waals surface area contributed by atoms with E-state index in [1.807, 2.05) is 6.92 Å². The third-order valence-corrected chi connectivity index (χ3v) is 5.67. The summed E-state index contributed by atoms with van der Waals surface area (Å²) >= 11 is 0. The monoisotopic (exact) mass is 288 g/mol. The zero-order valence-electron chi connectivity index (χ0n) is 10.0. The number of halogens is 2. The number of benzene rings is 1. The van der Waals surface area contributed by atoms with Gasteiger partial charge in [0, 0.05) is 10.7 Å². The molecule has 0 N–H and O–H groups in total. The van der Waals surface area contributed by atoms with Gasteiger partial charge in [0.2, 0.25) is 9.05 Å². The lowest BCUT2D eigenvalue weighted by atomic mass is 9.34. The van der Waals surface area contributed by atoms with Crippen molar-refractivity contribution in [3.05, 3.63) is 35.1 Å². The van der Waals surface area contributed by atoms with Gasteiger partial charge in [0.1, 0.15) is 5.82 Å². The van der Waals surface area contributed by atoms with Crippen molar-refractivity contribution < 1.29 is 12.8 Å². The summed E-state index contributed by atoms with van der Waals surface area (Å²) in [7, 11) is 1.88. The molecular weight excluding hydrogens is 275 g/mol. The highest BCUT2D eigenvalue weighted by Crippen LogP contribution is 2.74. The summed E-state index contributed by atoms with van der Waals surface area (Å²) in [5.74, 6) is -0.170. The fourth-order valence-corrected chi connectivity index (χ4v) is 5.70. The molecule has 3 aliphatic rings. The lowest BCUT2D eigenvalue weighted by Crippen LogP contribution is -2.66. The Morgan fingerprint density at radius 2 is 1.94 bits per heavy atom. The Hall–Kier alpha value is -0.610. The number of hydrogen-bond acceptors (Lipinski definition) is 2. The Kier molecular flexibility index (Phi) is 2.40. The fourth-order valence-electron chi connectivity index (χ4n) is 3.97. The zero-order chi connectivity index (χ0) is 13.2. The average molecular weight is 289 g/mol. The summed E-state index contributed by atoms with van der Waals surface area (Å²) in [6.07, 6.45) is 2.45. The maximum atomic E-state index is 13.3. The predicted octanol–water partition coefficient (Wildman–Crippen LogP) is 3.12. The first-order chi connectivity index (χ1) is 8.24. The van der Waals surface area contributed by atoms with Crippen molar-refractivity contribution in [1.82, 2.24) is 0 Å². The maximum Gasteiger partial charge on any atom is 0.233 e. The van der Waals surface area contributed by atoms with Crippen molar-refractivity contribution in [1.29, 1.82) is 0 Å². The second-order valence-corrected chi connectivity index (χ2v) is 8.73. The van der Waals surface area contributed by atoms with Crippen molar-refractivity contribution in [2.45, 2.75) is 31.6 Å². The van der Waals surface area contributed by atoms with Gasteiger partial charge < -0.3 is 0 Å². The van der Waals surface area contributed by atoms with Crippen LogP contribution in [-0.4, -0.2) is 14.2 Å². The van der Waals surface area contributed by atoms with Gasteiger partial charge in [-0.1, -0.05) is 6.07 Å². The smallest absolute Gasteiger partial charge is 0.212 e. The van der Waals surface area contributed by atoms with Crippen LogP contribution in [0.1, 0.15) is 30.4 Å². The molecule has 2 nitrogen and oxygen atoms in total. The van der Waals surface area contributed by atoms with Gasteiger partial charge in [-0.3, -0.25) is 0 Å². The summed E-state index contributed by atoms with van der Waals surface area (Å²) in [5, 5.41) is 0. The molecule has 4 rings (SSSR count). The molecule has 0 unspecified atom stereocenters. The van der Waals surface area contributed by atoms with Gasteiger partial charge in [0.05, 0.1) is 5.75 Å². The number of rotatable bonds is 3. The van der Waals surface area contributed by atoms with Crippen LogP contribution in [0.2, 0.25) is 0 Å². The molecule has 0 spiro atoms. The van der Waals surface area contributed by atoms with E-state index < -0.39 is 9.05 Å². The van der Waals surface area contributed by atoms with Gasteiger partial charge in [-0.15, -0.1) is 0 Å². The van der Waals surface area contributed by atoms with Crippen LogP contribution in [0.5, 0.6) is 0 Å². The quantitative estimate of drug-likeness (QED) is 0.801. The highest BCUT2D eigenvalue weighted by molar-refractivity contribution is 8.13. The molecule has 0 heterocycles. The third kappa shape index (κ3) is 1.77. The largest absolute Gasteiger partial charge is 0.233 e.